The van der Waals surface area contributed by atoms with E-state index in [-0.39, 0.29) is 5.78 Å². The fourth-order valence-corrected chi connectivity index (χ4v) is 6.79. The molecule has 160 valence electrons. The Morgan fingerprint density at radius 1 is 0.812 bits per heavy atom. The van der Waals surface area contributed by atoms with Crippen LogP contribution < -0.4 is 9.75 Å². The molecule has 5 heteroatoms. The maximum Gasteiger partial charge on any atom is 0.269 e. The van der Waals surface area contributed by atoms with Crippen molar-refractivity contribution in [2.75, 3.05) is 5.01 Å². The molecule has 1 aliphatic carbocycles. The van der Waals surface area contributed by atoms with Crippen molar-refractivity contribution >= 4 is 28.3 Å². The molecule has 1 atom stereocenters. The molecule has 2 heterocycles. The highest BCUT2D eigenvalue weighted by Gasteiger charge is 2.68. The maximum atomic E-state index is 14.2. The van der Waals surface area contributed by atoms with Gasteiger partial charge in [-0.15, -0.1) is 0 Å². The first-order valence-electron chi connectivity index (χ1n) is 11.2. The quantitative estimate of drug-likeness (QED) is 0.457. The molecule has 0 unspecified atom stereocenters. The molecule has 1 fully saturated rings. The third-order valence-electron chi connectivity index (χ3n) is 6.85. The van der Waals surface area contributed by atoms with Crippen LogP contribution in [0.15, 0.2) is 90.0 Å². The molecule has 0 amide bonds. The summed E-state index contributed by atoms with van der Waals surface area (Å²) < 4.78 is 6.92. The molecule has 3 aromatic rings. The monoisotopic (exact) mass is 440 g/mol. The van der Waals surface area contributed by atoms with Gasteiger partial charge in [-0.3, -0.25) is 4.79 Å². The lowest BCUT2D eigenvalue weighted by atomic mass is 9.66. The van der Waals surface area contributed by atoms with Crippen LogP contribution in [-0.4, -0.2) is 15.9 Å². The van der Waals surface area contributed by atoms with Crippen LogP contribution in [-0.2, 0) is 0 Å². The van der Waals surface area contributed by atoms with E-state index < -0.39 is 10.5 Å². The topological polar surface area (TPSA) is 41.9 Å². The second kappa shape index (κ2) is 7.52. The molecular weight excluding hydrogens is 416 g/mol. The number of hydrogen-bond acceptors (Lipinski definition) is 5. The number of ether oxygens (including phenoxy) is 1. The summed E-state index contributed by atoms with van der Waals surface area (Å²) >= 11 is 1.60. The number of nitrogens with zero attached hydrogens (tertiary/aromatic N) is 2. The maximum absolute atomic E-state index is 14.2. The lowest BCUT2D eigenvalue weighted by Gasteiger charge is -2.53. The number of carbonyl (C=O) groups excluding carboxylic acids is 1. The van der Waals surface area contributed by atoms with Crippen molar-refractivity contribution in [3.63, 3.8) is 0 Å². The van der Waals surface area contributed by atoms with Crippen molar-refractivity contribution in [3.8, 4) is 5.75 Å². The first kappa shape index (κ1) is 19.6. The smallest absolute Gasteiger partial charge is 0.269 e. The van der Waals surface area contributed by atoms with Crippen LogP contribution in [0.4, 0.5) is 5.69 Å². The van der Waals surface area contributed by atoms with Gasteiger partial charge in [-0.2, -0.15) is 5.10 Å². The summed E-state index contributed by atoms with van der Waals surface area (Å²) in [5.41, 5.74) is 2.00. The Kier molecular flexibility index (Phi) is 4.61. The minimum atomic E-state index is -0.953. The fraction of sp³-hybridized carbons (Fsp3) is 0.259. The summed E-state index contributed by atoms with van der Waals surface area (Å²) in [6.45, 7) is 0. The Labute approximate surface area is 192 Å². The Morgan fingerprint density at radius 3 is 2.22 bits per heavy atom. The van der Waals surface area contributed by atoms with E-state index in [1.54, 1.807) is 11.8 Å². The lowest BCUT2D eigenvalue weighted by Crippen LogP contribution is -2.64. The molecule has 3 aliphatic rings. The van der Waals surface area contributed by atoms with Gasteiger partial charge in [0.2, 0.25) is 0 Å². The number of carbonyl (C=O) groups is 1. The van der Waals surface area contributed by atoms with Crippen LogP contribution in [0.3, 0.4) is 0 Å². The van der Waals surface area contributed by atoms with Gasteiger partial charge in [0.05, 0.1) is 11.3 Å². The zero-order chi connectivity index (χ0) is 21.6. The van der Waals surface area contributed by atoms with Gasteiger partial charge in [-0.25, -0.2) is 5.01 Å². The summed E-state index contributed by atoms with van der Waals surface area (Å²) in [4.78, 5) is 14.2. The minimum absolute atomic E-state index is 0.192. The van der Waals surface area contributed by atoms with E-state index in [4.69, 9.17) is 9.84 Å². The first-order valence-corrected chi connectivity index (χ1v) is 12.1. The number of benzene rings is 3. The second-order valence-electron chi connectivity index (χ2n) is 8.67. The molecule has 2 aliphatic heterocycles. The normalized spacial score (nSPS) is 23.7. The van der Waals surface area contributed by atoms with Gasteiger partial charge in [0.1, 0.15) is 16.2 Å². The third-order valence-corrected chi connectivity index (χ3v) is 8.29. The van der Waals surface area contributed by atoms with E-state index in [0.29, 0.717) is 11.3 Å². The number of fused-ring (bicyclic) bond motifs is 2. The molecule has 0 N–H and O–H groups in total. The van der Waals surface area contributed by atoms with E-state index in [2.05, 4.69) is 12.1 Å². The van der Waals surface area contributed by atoms with Crippen molar-refractivity contribution in [3.05, 3.63) is 96.1 Å². The molecule has 32 heavy (non-hydrogen) atoms. The van der Waals surface area contributed by atoms with Crippen molar-refractivity contribution in [2.24, 2.45) is 10.5 Å². The highest BCUT2D eigenvalue weighted by atomic mass is 32.2. The lowest BCUT2D eigenvalue weighted by molar-refractivity contribution is -0.0117. The second-order valence-corrected chi connectivity index (χ2v) is 9.82. The number of anilines is 1. The molecule has 6 rings (SSSR count). The van der Waals surface area contributed by atoms with Crippen LogP contribution in [0.25, 0.3) is 0 Å². The van der Waals surface area contributed by atoms with Crippen LogP contribution in [0.2, 0.25) is 0 Å². The van der Waals surface area contributed by atoms with E-state index in [0.717, 1.165) is 48.4 Å². The van der Waals surface area contributed by atoms with Crippen molar-refractivity contribution in [2.45, 2.75) is 37.2 Å². The van der Waals surface area contributed by atoms with Gasteiger partial charge in [-0.1, -0.05) is 79.9 Å². The van der Waals surface area contributed by atoms with Gasteiger partial charge in [-0.05, 0) is 48.9 Å². The van der Waals surface area contributed by atoms with Crippen molar-refractivity contribution < 1.29 is 9.53 Å². The number of ketones is 1. The zero-order valence-electron chi connectivity index (χ0n) is 17.7. The van der Waals surface area contributed by atoms with Gasteiger partial charge in [0.25, 0.3) is 5.06 Å². The Hall–Kier alpha value is -3.05. The van der Waals surface area contributed by atoms with Crippen molar-refractivity contribution in [1.29, 1.82) is 0 Å². The average Bonchev–Trinajstić information content (AvgIpc) is 3.25. The summed E-state index contributed by atoms with van der Waals surface area (Å²) in [5.74, 6) is 0.837. The van der Waals surface area contributed by atoms with Gasteiger partial charge in [0.15, 0.2) is 5.78 Å². The summed E-state index contributed by atoms with van der Waals surface area (Å²) in [6.07, 6.45) is 4.78. The molecular formula is C27H24N2O2S. The molecule has 0 saturated heterocycles. The van der Waals surface area contributed by atoms with Crippen LogP contribution >= 0.6 is 11.8 Å². The standard InChI is InChI=1S/C27H24N2O2S/c30-24-22-16-8-9-17-23(22)31-27(26(24)18-10-3-11-19-26)29(21-14-6-2-7-15-21)28-25(32-27)20-12-4-1-5-13-20/h1-2,4-9,12-17H,3,10-11,18-19H2/t27-/m0/s1. The minimum Gasteiger partial charge on any atom is -0.454 e. The van der Waals surface area contributed by atoms with Gasteiger partial charge >= 0.3 is 0 Å². The fourth-order valence-electron chi connectivity index (χ4n) is 5.30. The Bertz CT molecular complexity index is 1190. The van der Waals surface area contributed by atoms with Crippen LogP contribution in [0, 0.1) is 5.41 Å². The highest BCUT2D eigenvalue weighted by molar-refractivity contribution is 8.15. The average molecular weight is 441 g/mol. The van der Waals surface area contributed by atoms with E-state index in [1.165, 1.54) is 0 Å². The van der Waals surface area contributed by atoms with Crippen LogP contribution in [0.1, 0.15) is 48.0 Å². The summed E-state index contributed by atoms with van der Waals surface area (Å²) in [5, 5.41) is 7.01. The number of rotatable bonds is 2. The molecule has 2 spiro atoms. The Balaban J connectivity index is 1.58. The largest absolute Gasteiger partial charge is 0.454 e. The summed E-state index contributed by atoms with van der Waals surface area (Å²) in [6, 6.07) is 28.0. The molecule has 1 saturated carbocycles. The van der Waals surface area contributed by atoms with E-state index in [1.807, 2.05) is 77.8 Å². The number of para-hydroxylation sites is 2. The molecule has 0 bridgehead atoms. The van der Waals surface area contributed by atoms with Gasteiger partial charge < -0.3 is 4.74 Å². The van der Waals surface area contributed by atoms with E-state index in [9.17, 15) is 4.79 Å². The number of hydrazone groups is 1. The predicted molar refractivity (Wildman–Crippen MR) is 129 cm³/mol. The third kappa shape index (κ3) is 2.77. The highest BCUT2D eigenvalue weighted by Crippen LogP contribution is 2.62. The van der Waals surface area contributed by atoms with Crippen molar-refractivity contribution in [1.82, 2.24) is 0 Å². The van der Waals surface area contributed by atoms with Crippen LogP contribution in [0.5, 0.6) is 5.75 Å². The van der Waals surface area contributed by atoms with E-state index >= 15 is 0 Å². The number of Topliss-reactive ketones (excluding diaryl/α,β-unsaturated/α-hetero) is 1. The SMILES string of the molecule is O=C1c2ccccc2O[C@]2(SC(c3ccccc3)=NN2c2ccccc2)C12CCCCC2. The molecule has 0 aromatic heterocycles. The number of thioether (sulfide) groups is 1. The zero-order valence-corrected chi connectivity index (χ0v) is 18.6. The number of hydrogen-bond donors (Lipinski definition) is 0. The molecule has 4 nitrogen and oxygen atoms in total. The predicted octanol–water partition coefficient (Wildman–Crippen LogP) is 6.48. The van der Waals surface area contributed by atoms with Gasteiger partial charge in [0, 0.05) is 5.56 Å². The first-order chi connectivity index (χ1) is 15.7. The molecule has 3 aromatic carbocycles. The molecule has 0 radical (unpaired) electrons. The summed E-state index contributed by atoms with van der Waals surface area (Å²) in [7, 11) is 0. The Morgan fingerprint density at radius 2 is 1.47 bits per heavy atom.